The average molecular weight is 451 g/mol. The van der Waals surface area contributed by atoms with Gasteiger partial charge in [-0.2, -0.15) is 0 Å². The van der Waals surface area contributed by atoms with E-state index in [4.69, 9.17) is 0 Å². The summed E-state index contributed by atoms with van der Waals surface area (Å²) >= 11 is 0. The van der Waals surface area contributed by atoms with Gasteiger partial charge in [-0.3, -0.25) is 9.59 Å². The number of hydrogen-bond acceptors (Lipinski definition) is 3. The fraction of sp³-hybridized carbons (Fsp3) is 0.318. The van der Waals surface area contributed by atoms with Gasteiger partial charge in [0.25, 0.3) is 5.56 Å². The van der Waals surface area contributed by atoms with Gasteiger partial charge in [0.2, 0.25) is 5.91 Å². The van der Waals surface area contributed by atoms with Crippen molar-refractivity contribution in [3.05, 3.63) is 80.0 Å². The van der Waals surface area contributed by atoms with Gasteiger partial charge in [0, 0.05) is 17.7 Å². The third-order valence-electron chi connectivity index (χ3n) is 5.07. The van der Waals surface area contributed by atoms with Gasteiger partial charge in [-0.1, -0.05) is 26.8 Å². The molecule has 1 aromatic heterocycles. The molecule has 0 fully saturated rings. The van der Waals surface area contributed by atoms with Crippen molar-refractivity contribution in [3.8, 4) is 0 Å². The first-order valence-corrected chi connectivity index (χ1v) is 9.70. The molecule has 0 aliphatic heterocycles. The number of benzene rings is 2. The zero-order valence-electron chi connectivity index (χ0n) is 17.7. The number of carbonyl (C=O) groups excluding carboxylic acids is 1. The molecule has 0 saturated carbocycles. The number of halogens is 4. The topological polar surface area (TPSA) is 84.0 Å². The van der Waals surface area contributed by atoms with Crippen LogP contribution in [-0.2, 0) is 4.79 Å². The highest BCUT2D eigenvalue weighted by Crippen LogP contribution is 2.30. The van der Waals surface area contributed by atoms with Crippen molar-refractivity contribution in [3.63, 3.8) is 0 Å². The minimum atomic E-state index is -1.42. The summed E-state index contributed by atoms with van der Waals surface area (Å²) in [6, 6.07) is 1.81. The van der Waals surface area contributed by atoms with Crippen LogP contribution in [0.1, 0.15) is 45.3 Å². The number of aromatic nitrogens is 2. The molecule has 170 valence electrons. The van der Waals surface area contributed by atoms with Crippen molar-refractivity contribution in [2.75, 3.05) is 0 Å². The third-order valence-corrected chi connectivity index (χ3v) is 5.07. The number of hydrogen-bond donors (Lipinski definition) is 2. The predicted molar refractivity (Wildman–Crippen MR) is 110 cm³/mol. The first-order chi connectivity index (χ1) is 14.8. The molecule has 2 aromatic carbocycles. The van der Waals surface area contributed by atoms with Crippen LogP contribution in [0.2, 0.25) is 0 Å². The Morgan fingerprint density at radius 1 is 1.00 bits per heavy atom. The maximum Gasteiger partial charge on any atom is 0.329 e. The zero-order chi connectivity index (χ0) is 24.0. The van der Waals surface area contributed by atoms with Crippen LogP contribution >= 0.6 is 0 Å². The lowest BCUT2D eigenvalue weighted by molar-refractivity contribution is -0.128. The third kappa shape index (κ3) is 4.30. The average Bonchev–Trinajstić information content (AvgIpc) is 2.64. The van der Waals surface area contributed by atoms with Gasteiger partial charge < -0.3 is 10.3 Å². The summed E-state index contributed by atoms with van der Waals surface area (Å²) in [6.45, 7) is 6.21. The van der Waals surface area contributed by atoms with Crippen LogP contribution < -0.4 is 16.6 Å². The van der Waals surface area contributed by atoms with Gasteiger partial charge in [0.05, 0.1) is 16.9 Å². The number of fused-ring (bicyclic) bond motifs is 1. The lowest BCUT2D eigenvalue weighted by atomic mass is 9.85. The Morgan fingerprint density at radius 2 is 1.62 bits per heavy atom. The number of rotatable bonds is 4. The van der Waals surface area contributed by atoms with Crippen molar-refractivity contribution in [2.24, 2.45) is 5.41 Å². The van der Waals surface area contributed by atoms with E-state index in [0.717, 1.165) is 12.1 Å². The molecule has 1 amide bonds. The molecule has 0 unspecified atom stereocenters. The highest BCUT2D eigenvalue weighted by atomic mass is 19.1. The van der Waals surface area contributed by atoms with E-state index < -0.39 is 68.8 Å². The molecule has 3 rings (SSSR count). The maximum atomic E-state index is 14.1. The van der Waals surface area contributed by atoms with E-state index in [1.54, 1.807) is 20.8 Å². The normalized spacial score (nSPS) is 13.8. The lowest BCUT2D eigenvalue weighted by Gasteiger charge is -2.31. The van der Waals surface area contributed by atoms with Crippen LogP contribution in [0, 0.1) is 28.7 Å². The van der Waals surface area contributed by atoms with Gasteiger partial charge in [-0.25, -0.2) is 26.9 Å². The summed E-state index contributed by atoms with van der Waals surface area (Å²) in [4.78, 5) is 41.1. The molecule has 0 bridgehead atoms. The molecule has 2 N–H and O–H groups in total. The lowest BCUT2D eigenvalue weighted by Crippen LogP contribution is -2.49. The Kier molecular flexibility index (Phi) is 5.99. The number of nitrogens with zero attached hydrogens (tertiary/aromatic N) is 1. The van der Waals surface area contributed by atoms with Crippen molar-refractivity contribution >= 4 is 16.8 Å². The molecule has 6 nitrogen and oxygen atoms in total. The van der Waals surface area contributed by atoms with E-state index in [2.05, 4.69) is 10.3 Å². The van der Waals surface area contributed by atoms with Gasteiger partial charge >= 0.3 is 5.69 Å². The molecule has 1 heterocycles. The fourth-order valence-corrected chi connectivity index (χ4v) is 3.61. The molecule has 0 aliphatic rings. The van der Waals surface area contributed by atoms with E-state index in [9.17, 15) is 31.9 Å². The maximum absolute atomic E-state index is 14.1. The molecule has 10 heteroatoms. The van der Waals surface area contributed by atoms with Gasteiger partial charge in [-0.15, -0.1) is 0 Å². The largest absolute Gasteiger partial charge is 0.348 e. The Balaban J connectivity index is 2.11. The quantitative estimate of drug-likeness (QED) is 0.594. The van der Waals surface area contributed by atoms with Gasteiger partial charge in [-0.05, 0) is 24.5 Å². The first-order valence-electron chi connectivity index (χ1n) is 9.70. The van der Waals surface area contributed by atoms with Crippen LogP contribution in [0.3, 0.4) is 0 Å². The van der Waals surface area contributed by atoms with Crippen molar-refractivity contribution < 1.29 is 22.4 Å². The van der Waals surface area contributed by atoms with E-state index in [0.29, 0.717) is 16.7 Å². The molecular formula is C22H21F4N3O3. The standard InChI is InChI=1S/C22H21F4N3O3/c1-10(13-6-5-11(23)8-15(13)25)27-19(30)18(22(2,3)4)29-20(31)14-7-12(24)9-16(26)17(14)28-21(29)32/h5-10,18H,1-4H3,(H,27,30)(H,28,32)/t10-,18+/m1/s1. The molecule has 32 heavy (non-hydrogen) atoms. The second kappa shape index (κ2) is 8.25. The second-order valence-corrected chi connectivity index (χ2v) is 8.58. The number of aromatic amines is 1. The number of amides is 1. The number of nitrogens with one attached hydrogen (secondary N) is 2. The zero-order valence-corrected chi connectivity index (χ0v) is 17.7. The molecule has 2 atom stereocenters. The van der Waals surface area contributed by atoms with Crippen LogP contribution in [0.25, 0.3) is 10.9 Å². The molecule has 0 aliphatic carbocycles. The minimum Gasteiger partial charge on any atom is -0.348 e. The smallest absolute Gasteiger partial charge is 0.329 e. The van der Waals surface area contributed by atoms with Crippen molar-refractivity contribution in [1.29, 1.82) is 0 Å². The van der Waals surface area contributed by atoms with Crippen LogP contribution in [0.4, 0.5) is 17.6 Å². The minimum absolute atomic E-state index is 0.00341. The summed E-state index contributed by atoms with van der Waals surface area (Å²) in [5, 5.41) is 2.08. The summed E-state index contributed by atoms with van der Waals surface area (Å²) in [5.74, 6) is -4.62. The Labute approximate surface area is 179 Å². The van der Waals surface area contributed by atoms with Gasteiger partial charge in [0.1, 0.15) is 23.5 Å². The summed E-state index contributed by atoms with van der Waals surface area (Å²) in [7, 11) is 0. The number of carbonyl (C=O) groups is 1. The fourth-order valence-electron chi connectivity index (χ4n) is 3.61. The van der Waals surface area contributed by atoms with Gasteiger partial charge in [0.15, 0.2) is 5.82 Å². The Hall–Kier alpha value is -3.43. The number of H-pyrrole nitrogens is 1. The first kappa shape index (κ1) is 23.2. The van der Waals surface area contributed by atoms with E-state index >= 15 is 0 Å². The van der Waals surface area contributed by atoms with Crippen molar-refractivity contribution in [2.45, 2.75) is 39.8 Å². The molecule has 0 spiro atoms. The van der Waals surface area contributed by atoms with E-state index in [1.165, 1.54) is 13.0 Å². The summed E-state index contributed by atoms with van der Waals surface area (Å²) < 4.78 is 55.7. The highest BCUT2D eigenvalue weighted by Gasteiger charge is 2.36. The van der Waals surface area contributed by atoms with E-state index in [-0.39, 0.29) is 5.56 Å². The Morgan fingerprint density at radius 3 is 2.22 bits per heavy atom. The van der Waals surface area contributed by atoms with Crippen LogP contribution in [0.5, 0.6) is 0 Å². The summed E-state index contributed by atoms with van der Waals surface area (Å²) in [6.07, 6.45) is 0. The van der Waals surface area contributed by atoms with E-state index in [1.807, 2.05) is 0 Å². The monoisotopic (exact) mass is 451 g/mol. The molecule has 0 radical (unpaired) electrons. The van der Waals surface area contributed by atoms with Crippen LogP contribution in [-0.4, -0.2) is 15.5 Å². The molecule has 0 saturated heterocycles. The summed E-state index contributed by atoms with van der Waals surface area (Å²) in [5.41, 5.74) is -3.62. The predicted octanol–water partition coefficient (Wildman–Crippen LogP) is 3.71. The SMILES string of the molecule is C[C@@H](NC(=O)[C@H](n1c(=O)[nH]c2c(F)cc(F)cc2c1=O)C(C)(C)C)c1ccc(F)cc1F. The second-order valence-electron chi connectivity index (χ2n) is 8.58. The van der Waals surface area contributed by atoms with Crippen LogP contribution in [0.15, 0.2) is 39.9 Å². The molecule has 3 aromatic rings. The highest BCUT2D eigenvalue weighted by molar-refractivity contribution is 5.83. The Bertz CT molecular complexity index is 1320. The van der Waals surface area contributed by atoms with Crippen molar-refractivity contribution in [1.82, 2.24) is 14.9 Å². The molecular weight excluding hydrogens is 430 g/mol.